The molecule has 0 saturated carbocycles. The molecule has 100 valence electrons. The van der Waals surface area contributed by atoms with E-state index in [1.807, 2.05) is 0 Å². The number of hydrogen-bond acceptors (Lipinski definition) is 8. The van der Waals surface area contributed by atoms with Crippen LogP contribution in [0.4, 0.5) is 17.3 Å². The van der Waals surface area contributed by atoms with E-state index in [0.717, 1.165) is 5.69 Å². The average molecular weight is 264 g/mol. The van der Waals surface area contributed by atoms with Crippen molar-refractivity contribution in [3.8, 4) is 0 Å². The smallest absolute Gasteiger partial charge is 0.353 e. The lowest BCUT2D eigenvalue weighted by atomic mass is 10.3. The van der Waals surface area contributed by atoms with Gasteiger partial charge in [-0.1, -0.05) is 5.16 Å². The monoisotopic (exact) mass is 264 g/mol. The highest BCUT2D eigenvalue weighted by Crippen LogP contribution is 2.28. The SMILES string of the molecule is CNc1ncnc(NCc2cc(C)no2)c1[N+](=O)[O-]. The van der Waals surface area contributed by atoms with Crippen molar-refractivity contribution in [1.29, 1.82) is 0 Å². The van der Waals surface area contributed by atoms with E-state index in [1.165, 1.54) is 6.33 Å². The fourth-order valence-electron chi connectivity index (χ4n) is 1.53. The van der Waals surface area contributed by atoms with Crippen LogP contribution in [0.25, 0.3) is 0 Å². The molecule has 9 nitrogen and oxygen atoms in total. The van der Waals surface area contributed by atoms with Gasteiger partial charge >= 0.3 is 5.69 Å². The maximum Gasteiger partial charge on any atom is 0.353 e. The summed E-state index contributed by atoms with van der Waals surface area (Å²) in [5, 5.41) is 20.2. The number of nitrogens with one attached hydrogen (secondary N) is 2. The van der Waals surface area contributed by atoms with E-state index in [4.69, 9.17) is 4.52 Å². The summed E-state index contributed by atoms with van der Waals surface area (Å²) in [4.78, 5) is 18.1. The van der Waals surface area contributed by atoms with Gasteiger partial charge in [0.1, 0.15) is 6.33 Å². The van der Waals surface area contributed by atoms with Crippen LogP contribution in [0.2, 0.25) is 0 Å². The Bertz CT molecular complexity index is 597. The first-order valence-electron chi connectivity index (χ1n) is 5.45. The summed E-state index contributed by atoms with van der Waals surface area (Å²) in [5.41, 5.74) is 0.533. The molecule has 0 unspecified atom stereocenters. The van der Waals surface area contributed by atoms with E-state index in [2.05, 4.69) is 25.8 Å². The summed E-state index contributed by atoms with van der Waals surface area (Å²) in [5.74, 6) is 0.839. The van der Waals surface area contributed by atoms with Crippen LogP contribution in [-0.2, 0) is 6.54 Å². The molecule has 0 atom stereocenters. The Morgan fingerprint density at radius 2 is 2.16 bits per heavy atom. The van der Waals surface area contributed by atoms with E-state index >= 15 is 0 Å². The number of nitrogens with zero attached hydrogens (tertiary/aromatic N) is 4. The maximum atomic E-state index is 11.0. The Kier molecular flexibility index (Phi) is 3.55. The lowest BCUT2D eigenvalue weighted by Crippen LogP contribution is -2.07. The van der Waals surface area contributed by atoms with E-state index in [9.17, 15) is 10.1 Å². The number of rotatable bonds is 5. The van der Waals surface area contributed by atoms with E-state index < -0.39 is 4.92 Å². The molecule has 0 amide bonds. The molecule has 0 aromatic carbocycles. The Balaban J connectivity index is 2.22. The van der Waals surface area contributed by atoms with Gasteiger partial charge in [-0.3, -0.25) is 10.1 Å². The van der Waals surface area contributed by atoms with Crippen LogP contribution in [0.5, 0.6) is 0 Å². The largest absolute Gasteiger partial charge is 0.367 e. The molecule has 0 aliphatic heterocycles. The summed E-state index contributed by atoms with van der Waals surface area (Å²) < 4.78 is 5.00. The second kappa shape index (κ2) is 5.29. The van der Waals surface area contributed by atoms with Crippen molar-refractivity contribution in [2.45, 2.75) is 13.5 Å². The molecule has 2 aromatic rings. The Morgan fingerprint density at radius 3 is 2.74 bits per heavy atom. The summed E-state index contributed by atoms with van der Waals surface area (Å²) in [6.45, 7) is 2.04. The summed E-state index contributed by atoms with van der Waals surface area (Å²) in [6, 6.07) is 1.74. The molecule has 0 aliphatic rings. The zero-order valence-electron chi connectivity index (χ0n) is 10.4. The first-order valence-corrected chi connectivity index (χ1v) is 5.45. The van der Waals surface area contributed by atoms with Crippen molar-refractivity contribution < 1.29 is 9.45 Å². The zero-order chi connectivity index (χ0) is 13.8. The van der Waals surface area contributed by atoms with Gasteiger partial charge in [-0.25, -0.2) is 9.97 Å². The van der Waals surface area contributed by atoms with Gasteiger partial charge in [-0.15, -0.1) is 0 Å². The molecular weight excluding hydrogens is 252 g/mol. The van der Waals surface area contributed by atoms with Gasteiger partial charge in [-0.05, 0) is 6.92 Å². The average Bonchev–Trinajstić information content (AvgIpc) is 2.81. The van der Waals surface area contributed by atoms with E-state index in [1.54, 1.807) is 20.0 Å². The number of aryl methyl sites for hydroxylation is 1. The minimum absolute atomic E-state index is 0.124. The molecule has 0 bridgehead atoms. The summed E-state index contributed by atoms with van der Waals surface area (Å²) >= 11 is 0. The Hall–Kier alpha value is -2.71. The Morgan fingerprint density at radius 1 is 1.42 bits per heavy atom. The van der Waals surface area contributed by atoms with Crippen LogP contribution in [0.1, 0.15) is 11.5 Å². The molecule has 0 aliphatic carbocycles. The number of hydrogen-bond donors (Lipinski definition) is 2. The molecular formula is C10H12N6O3. The number of nitro groups is 1. The lowest BCUT2D eigenvalue weighted by Gasteiger charge is -2.06. The number of aromatic nitrogens is 3. The lowest BCUT2D eigenvalue weighted by molar-refractivity contribution is -0.383. The molecule has 0 saturated heterocycles. The molecule has 0 radical (unpaired) electrons. The third kappa shape index (κ3) is 2.76. The normalized spacial score (nSPS) is 10.2. The predicted octanol–water partition coefficient (Wildman–Crippen LogP) is 1.34. The third-order valence-electron chi connectivity index (χ3n) is 2.35. The summed E-state index contributed by atoms with van der Waals surface area (Å²) in [6.07, 6.45) is 1.24. The van der Waals surface area contributed by atoms with Gasteiger partial charge in [0.05, 0.1) is 17.2 Å². The molecule has 2 aromatic heterocycles. The van der Waals surface area contributed by atoms with Crippen molar-refractivity contribution in [2.24, 2.45) is 0 Å². The fraction of sp³-hybridized carbons (Fsp3) is 0.300. The second-order valence-corrected chi connectivity index (χ2v) is 3.71. The van der Waals surface area contributed by atoms with Crippen molar-refractivity contribution >= 4 is 17.3 Å². The quantitative estimate of drug-likeness (QED) is 0.613. The van der Waals surface area contributed by atoms with Gasteiger partial charge in [0, 0.05) is 13.1 Å². The van der Waals surface area contributed by atoms with Crippen molar-refractivity contribution in [3.05, 3.63) is 34.0 Å². The highest BCUT2D eigenvalue weighted by atomic mass is 16.6. The van der Waals surface area contributed by atoms with Crippen molar-refractivity contribution in [3.63, 3.8) is 0 Å². The van der Waals surface area contributed by atoms with Crippen LogP contribution in [0, 0.1) is 17.0 Å². The van der Waals surface area contributed by atoms with Crippen LogP contribution in [-0.4, -0.2) is 27.1 Å². The second-order valence-electron chi connectivity index (χ2n) is 3.71. The minimum Gasteiger partial charge on any atom is -0.367 e. The van der Waals surface area contributed by atoms with Gasteiger partial charge < -0.3 is 15.2 Å². The molecule has 0 spiro atoms. The maximum absolute atomic E-state index is 11.0. The first-order chi connectivity index (χ1) is 9.11. The topological polar surface area (TPSA) is 119 Å². The first kappa shape index (κ1) is 12.7. The van der Waals surface area contributed by atoms with Crippen LogP contribution >= 0.6 is 0 Å². The van der Waals surface area contributed by atoms with Crippen LogP contribution in [0.15, 0.2) is 16.9 Å². The molecule has 9 heteroatoms. The van der Waals surface area contributed by atoms with Gasteiger partial charge in [-0.2, -0.15) is 0 Å². The highest BCUT2D eigenvalue weighted by Gasteiger charge is 2.22. The number of anilines is 2. The fourth-order valence-corrected chi connectivity index (χ4v) is 1.53. The van der Waals surface area contributed by atoms with E-state index in [-0.39, 0.29) is 23.9 Å². The van der Waals surface area contributed by atoms with Crippen LogP contribution < -0.4 is 10.6 Å². The summed E-state index contributed by atoms with van der Waals surface area (Å²) in [7, 11) is 1.55. The van der Waals surface area contributed by atoms with Gasteiger partial charge in [0.25, 0.3) is 0 Å². The molecule has 2 N–H and O–H groups in total. The standard InChI is InChI=1S/C10H12N6O3/c1-6-3-7(19-15-6)4-12-10-8(16(17)18)9(11-2)13-5-14-10/h3,5H,4H2,1-2H3,(H2,11,12,13,14). The predicted molar refractivity (Wildman–Crippen MR) is 66.8 cm³/mol. The van der Waals surface area contributed by atoms with Crippen molar-refractivity contribution in [1.82, 2.24) is 15.1 Å². The van der Waals surface area contributed by atoms with Crippen LogP contribution in [0.3, 0.4) is 0 Å². The molecule has 2 heterocycles. The molecule has 2 rings (SSSR count). The van der Waals surface area contributed by atoms with Gasteiger partial charge in [0.2, 0.25) is 11.6 Å². The molecule has 19 heavy (non-hydrogen) atoms. The van der Waals surface area contributed by atoms with Gasteiger partial charge in [0.15, 0.2) is 5.76 Å². The van der Waals surface area contributed by atoms with Crippen molar-refractivity contribution in [2.75, 3.05) is 17.7 Å². The highest BCUT2D eigenvalue weighted by molar-refractivity contribution is 5.68. The van der Waals surface area contributed by atoms with E-state index in [0.29, 0.717) is 5.76 Å². The zero-order valence-corrected chi connectivity index (χ0v) is 10.4. The molecule has 0 fully saturated rings. The third-order valence-corrected chi connectivity index (χ3v) is 2.35. The minimum atomic E-state index is -0.542. The Labute approximate surface area is 108 Å².